The first kappa shape index (κ1) is 13.4. The maximum Gasteiger partial charge on any atom is 0.162 e. The van der Waals surface area contributed by atoms with E-state index in [1.54, 1.807) is 44.9 Å². The van der Waals surface area contributed by atoms with E-state index in [0.717, 1.165) is 11.4 Å². The van der Waals surface area contributed by atoms with Gasteiger partial charge in [0, 0.05) is 24.5 Å². The topological polar surface area (TPSA) is 56.3 Å². The van der Waals surface area contributed by atoms with Crippen LogP contribution in [0.25, 0.3) is 0 Å². The molecule has 0 radical (unpaired) electrons. The highest BCUT2D eigenvalue weighted by molar-refractivity contribution is 6.33. The fraction of sp³-hybridized carbons (Fsp3) is 0.231. The first-order chi connectivity index (χ1) is 9.24. The summed E-state index contributed by atoms with van der Waals surface area (Å²) in [5.41, 5.74) is 1.58. The van der Waals surface area contributed by atoms with E-state index in [0.29, 0.717) is 23.1 Å². The Balaban J connectivity index is 2.16. The summed E-state index contributed by atoms with van der Waals surface area (Å²) in [6.07, 6.45) is 4.97. The summed E-state index contributed by atoms with van der Waals surface area (Å²) in [7, 11) is 3.15. The fourth-order valence-corrected chi connectivity index (χ4v) is 1.82. The molecule has 19 heavy (non-hydrogen) atoms. The third-order valence-electron chi connectivity index (χ3n) is 2.55. The minimum Gasteiger partial charge on any atom is -0.493 e. The van der Waals surface area contributed by atoms with E-state index in [1.165, 1.54) is 0 Å². The molecule has 0 unspecified atom stereocenters. The molecule has 100 valence electrons. The van der Waals surface area contributed by atoms with Gasteiger partial charge in [-0.2, -0.15) is 0 Å². The molecule has 0 fully saturated rings. The van der Waals surface area contributed by atoms with Gasteiger partial charge in [-0.3, -0.25) is 9.97 Å². The van der Waals surface area contributed by atoms with Gasteiger partial charge < -0.3 is 14.8 Å². The maximum absolute atomic E-state index is 6.17. The number of benzene rings is 1. The first-order valence-corrected chi connectivity index (χ1v) is 6.02. The standard InChI is InChI=1S/C13H14ClN3O2/c1-18-12-5-10(14)11(6-13(12)19-2)17-8-9-7-15-3-4-16-9/h3-7,17H,8H2,1-2H3. The number of anilines is 1. The quantitative estimate of drug-likeness (QED) is 0.912. The van der Waals surface area contributed by atoms with Crippen molar-refractivity contribution < 1.29 is 9.47 Å². The fourth-order valence-electron chi connectivity index (χ4n) is 1.60. The van der Waals surface area contributed by atoms with E-state index in [2.05, 4.69) is 15.3 Å². The molecule has 0 amide bonds. The molecule has 2 aromatic rings. The van der Waals surface area contributed by atoms with Crippen LogP contribution in [-0.4, -0.2) is 24.2 Å². The van der Waals surface area contributed by atoms with Crippen LogP contribution < -0.4 is 14.8 Å². The van der Waals surface area contributed by atoms with Gasteiger partial charge in [0.15, 0.2) is 11.5 Å². The monoisotopic (exact) mass is 279 g/mol. The lowest BCUT2D eigenvalue weighted by Gasteiger charge is -2.13. The molecule has 0 saturated heterocycles. The summed E-state index contributed by atoms with van der Waals surface area (Å²) in [6.45, 7) is 0.531. The van der Waals surface area contributed by atoms with E-state index in [-0.39, 0.29) is 0 Å². The molecular weight excluding hydrogens is 266 g/mol. The molecule has 5 nitrogen and oxygen atoms in total. The Bertz CT molecular complexity index is 549. The highest BCUT2D eigenvalue weighted by atomic mass is 35.5. The third-order valence-corrected chi connectivity index (χ3v) is 2.86. The van der Waals surface area contributed by atoms with Gasteiger partial charge in [0.25, 0.3) is 0 Å². The average molecular weight is 280 g/mol. The second kappa shape index (κ2) is 6.24. The molecule has 0 saturated carbocycles. The van der Waals surface area contributed by atoms with Gasteiger partial charge in [-0.05, 0) is 0 Å². The van der Waals surface area contributed by atoms with Crippen molar-refractivity contribution in [2.45, 2.75) is 6.54 Å². The molecule has 6 heteroatoms. The van der Waals surface area contributed by atoms with Crippen molar-refractivity contribution in [1.29, 1.82) is 0 Å². The van der Waals surface area contributed by atoms with E-state index in [4.69, 9.17) is 21.1 Å². The summed E-state index contributed by atoms with van der Waals surface area (Å²) in [5.74, 6) is 1.21. The van der Waals surface area contributed by atoms with Gasteiger partial charge >= 0.3 is 0 Å². The maximum atomic E-state index is 6.17. The zero-order valence-electron chi connectivity index (χ0n) is 10.7. The van der Waals surface area contributed by atoms with E-state index >= 15 is 0 Å². The molecule has 0 spiro atoms. The van der Waals surface area contributed by atoms with Gasteiger partial charge in [0.05, 0.1) is 43.4 Å². The Morgan fingerprint density at radius 2 is 1.89 bits per heavy atom. The van der Waals surface area contributed by atoms with Crippen LogP contribution in [0.3, 0.4) is 0 Å². The van der Waals surface area contributed by atoms with Gasteiger partial charge in [0.1, 0.15) is 0 Å². The minimum absolute atomic E-state index is 0.531. The van der Waals surface area contributed by atoms with Crippen molar-refractivity contribution in [3.8, 4) is 11.5 Å². The van der Waals surface area contributed by atoms with Crippen molar-refractivity contribution in [2.24, 2.45) is 0 Å². The molecule has 1 heterocycles. The Hall–Kier alpha value is -2.01. The third kappa shape index (κ3) is 3.26. The minimum atomic E-state index is 0.531. The average Bonchev–Trinajstić information content (AvgIpc) is 2.46. The Labute approximate surface area is 116 Å². The molecule has 0 bridgehead atoms. The molecule has 0 aliphatic heterocycles. The summed E-state index contributed by atoms with van der Waals surface area (Å²) in [4.78, 5) is 8.18. The molecule has 2 rings (SSSR count). The highest BCUT2D eigenvalue weighted by Gasteiger charge is 2.09. The Kier molecular flexibility index (Phi) is 4.41. The number of nitrogens with zero attached hydrogens (tertiary/aromatic N) is 2. The summed E-state index contributed by atoms with van der Waals surface area (Å²) in [6, 6.07) is 3.50. The number of hydrogen-bond acceptors (Lipinski definition) is 5. The lowest BCUT2D eigenvalue weighted by molar-refractivity contribution is 0.355. The Morgan fingerprint density at radius 1 is 1.16 bits per heavy atom. The first-order valence-electron chi connectivity index (χ1n) is 5.65. The zero-order valence-corrected chi connectivity index (χ0v) is 11.4. The molecule has 0 aliphatic carbocycles. The van der Waals surface area contributed by atoms with Gasteiger partial charge in [-0.25, -0.2) is 0 Å². The van der Waals surface area contributed by atoms with Crippen molar-refractivity contribution >= 4 is 17.3 Å². The second-order valence-corrected chi connectivity index (χ2v) is 4.14. The van der Waals surface area contributed by atoms with Crippen LogP contribution in [0.1, 0.15) is 5.69 Å². The van der Waals surface area contributed by atoms with Crippen LogP contribution in [0.2, 0.25) is 5.02 Å². The predicted molar refractivity (Wildman–Crippen MR) is 73.9 cm³/mol. The second-order valence-electron chi connectivity index (χ2n) is 3.74. The van der Waals surface area contributed by atoms with Crippen molar-refractivity contribution in [2.75, 3.05) is 19.5 Å². The van der Waals surface area contributed by atoms with E-state index in [9.17, 15) is 0 Å². The van der Waals surface area contributed by atoms with Gasteiger partial charge in [0.2, 0.25) is 0 Å². The molecule has 1 N–H and O–H groups in total. The van der Waals surface area contributed by atoms with Crippen LogP contribution >= 0.6 is 11.6 Å². The molecule has 0 atom stereocenters. The number of nitrogens with one attached hydrogen (secondary N) is 1. The van der Waals surface area contributed by atoms with Crippen molar-refractivity contribution in [3.05, 3.63) is 41.4 Å². The van der Waals surface area contributed by atoms with Crippen LogP contribution in [0, 0.1) is 0 Å². The smallest absolute Gasteiger partial charge is 0.162 e. The lowest BCUT2D eigenvalue weighted by atomic mass is 10.2. The van der Waals surface area contributed by atoms with Crippen molar-refractivity contribution in [3.63, 3.8) is 0 Å². The number of rotatable bonds is 5. The largest absolute Gasteiger partial charge is 0.493 e. The Morgan fingerprint density at radius 3 is 2.53 bits per heavy atom. The number of ether oxygens (including phenoxy) is 2. The number of hydrogen-bond donors (Lipinski definition) is 1. The summed E-state index contributed by atoms with van der Waals surface area (Å²) in [5, 5.41) is 3.74. The summed E-state index contributed by atoms with van der Waals surface area (Å²) < 4.78 is 10.4. The zero-order chi connectivity index (χ0) is 13.7. The number of halogens is 1. The van der Waals surface area contributed by atoms with Crippen LogP contribution in [0.5, 0.6) is 11.5 Å². The van der Waals surface area contributed by atoms with E-state index in [1.807, 2.05) is 0 Å². The molecule has 1 aromatic heterocycles. The molecule has 1 aromatic carbocycles. The molecule has 0 aliphatic rings. The van der Waals surface area contributed by atoms with E-state index < -0.39 is 0 Å². The number of methoxy groups -OCH3 is 2. The number of aromatic nitrogens is 2. The van der Waals surface area contributed by atoms with Gasteiger partial charge in [-0.15, -0.1) is 0 Å². The SMILES string of the molecule is COc1cc(Cl)c(NCc2cnccn2)cc1OC. The van der Waals surface area contributed by atoms with Gasteiger partial charge in [-0.1, -0.05) is 11.6 Å². The molecular formula is C13H14ClN3O2. The predicted octanol–water partition coefficient (Wildman–Crippen LogP) is 2.76. The van der Waals surface area contributed by atoms with Crippen molar-refractivity contribution in [1.82, 2.24) is 9.97 Å². The normalized spacial score (nSPS) is 10.1. The van der Waals surface area contributed by atoms with Crippen LogP contribution in [-0.2, 0) is 6.54 Å². The van der Waals surface area contributed by atoms with Crippen LogP contribution in [0.4, 0.5) is 5.69 Å². The summed E-state index contributed by atoms with van der Waals surface area (Å²) >= 11 is 6.17. The van der Waals surface area contributed by atoms with Crippen LogP contribution in [0.15, 0.2) is 30.7 Å². The highest BCUT2D eigenvalue weighted by Crippen LogP contribution is 2.36. The lowest BCUT2D eigenvalue weighted by Crippen LogP contribution is -2.03.